The Labute approximate surface area is 108 Å². The van der Waals surface area contributed by atoms with Crippen LogP contribution in [0.25, 0.3) is 10.9 Å². The highest BCUT2D eigenvalue weighted by Gasteiger charge is 2.09. The summed E-state index contributed by atoms with van der Waals surface area (Å²) in [6, 6.07) is 3.92. The first-order valence-electron chi connectivity index (χ1n) is 4.76. The summed E-state index contributed by atoms with van der Waals surface area (Å²) in [5.74, 6) is -0.557. The van der Waals surface area contributed by atoms with Gasteiger partial charge in [0.05, 0.1) is 10.5 Å². The largest absolute Gasteiger partial charge is 0.324 e. The molecule has 0 saturated heterocycles. The molecule has 2 aromatic rings. The van der Waals surface area contributed by atoms with Crippen molar-refractivity contribution in [3.63, 3.8) is 0 Å². The maximum atomic E-state index is 13.2. The first-order valence-corrected chi connectivity index (χ1v) is 5.14. The maximum Gasteiger partial charge on any atom is 0.253 e. The van der Waals surface area contributed by atoms with E-state index in [0.717, 1.165) is 0 Å². The van der Waals surface area contributed by atoms with Crippen LogP contribution in [0, 0.1) is 5.82 Å². The fourth-order valence-corrected chi connectivity index (χ4v) is 1.73. The van der Waals surface area contributed by atoms with Crippen LogP contribution < -0.4 is 11.3 Å². The molecule has 0 amide bonds. The van der Waals surface area contributed by atoms with Crippen LogP contribution in [0.2, 0.25) is 5.02 Å². The Balaban J connectivity index is 0.00000144. The van der Waals surface area contributed by atoms with Crippen molar-refractivity contribution in [2.24, 2.45) is 5.73 Å². The predicted molar refractivity (Wildman–Crippen MR) is 69.4 cm³/mol. The minimum atomic E-state index is -0.557. The Bertz CT molecular complexity index is 610. The van der Waals surface area contributed by atoms with Crippen LogP contribution in [-0.4, -0.2) is 4.98 Å². The number of pyridine rings is 1. The molecule has 0 fully saturated rings. The summed E-state index contributed by atoms with van der Waals surface area (Å²) in [4.78, 5) is 14.2. The fraction of sp³-hybridized carbons (Fsp3) is 0.182. The lowest BCUT2D eigenvalue weighted by Gasteiger charge is -2.06. The second kappa shape index (κ2) is 5.04. The lowest BCUT2D eigenvalue weighted by atomic mass is 10.1. The van der Waals surface area contributed by atoms with Gasteiger partial charge in [0.1, 0.15) is 5.82 Å². The summed E-state index contributed by atoms with van der Waals surface area (Å²) in [7, 11) is 0. The summed E-state index contributed by atoms with van der Waals surface area (Å²) in [6.07, 6.45) is 0. The maximum absolute atomic E-state index is 13.2. The summed E-state index contributed by atoms with van der Waals surface area (Å²) in [5.41, 5.74) is 6.21. The molecule has 2 rings (SSSR count). The molecule has 3 nitrogen and oxygen atoms in total. The molecular weight excluding hydrogens is 266 g/mol. The average Bonchev–Trinajstić information content (AvgIpc) is 2.19. The number of halogens is 3. The van der Waals surface area contributed by atoms with Crippen LogP contribution in [-0.2, 0) is 0 Å². The van der Waals surface area contributed by atoms with Gasteiger partial charge in [0.25, 0.3) is 5.56 Å². The third kappa shape index (κ3) is 2.60. The summed E-state index contributed by atoms with van der Waals surface area (Å²) in [6.45, 7) is 1.71. The second-order valence-corrected chi connectivity index (χ2v) is 4.10. The first-order chi connectivity index (χ1) is 7.49. The third-order valence-electron chi connectivity index (χ3n) is 2.40. The smallest absolute Gasteiger partial charge is 0.253 e. The standard InChI is InChI=1S/C11H10ClFN2O.ClH/c1-5(14)7-2-6-3-8(12)9(13)4-10(6)15-11(7)16;/h2-5H,14H2,1H3,(H,15,16);1H/t5-;/m0./s1. The zero-order chi connectivity index (χ0) is 11.9. The Kier molecular flexibility index (Phi) is 4.14. The highest BCUT2D eigenvalue weighted by atomic mass is 35.5. The van der Waals surface area contributed by atoms with Gasteiger partial charge < -0.3 is 10.7 Å². The summed E-state index contributed by atoms with van der Waals surface area (Å²) >= 11 is 5.66. The van der Waals surface area contributed by atoms with E-state index in [1.54, 1.807) is 13.0 Å². The van der Waals surface area contributed by atoms with Crippen molar-refractivity contribution in [3.8, 4) is 0 Å². The van der Waals surface area contributed by atoms with Crippen molar-refractivity contribution in [2.75, 3.05) is 0 Å². The molecule has 0 saturated carbocycles. The van der Waals surface area contributed by atoms with E-state index in [9.17, 15) is 9.18 Å². The van der Waals surface area contributed by atoms with Gasteiger partial charge in [0.2, 0.25) is 0 Å². The van der Waals surface area contributed by atoms with Gasteiger partial charge in [-0.2, -0.15) is 0 Å². The molecule has 1 atom stereocenters. The zero-order valence-electron chi connectivity index (χ0n) is 8.96. The number of rotatable bonds is 1. The first kappa shape index (κ1) is 14.0. The second-order valence-electron chi connectivity index (χ2n) is 3.70. The van der Waals surface area contributed by atoms with Gasteiger partial charge >= 0.3 is 0 Å². The SMILES string of the molecule is C[C@H](N)c1cc2cc(Cl)c(F)cc2[nH]c1=O.Cl. The van der Waals surface area contributed by atoms with Crippen LogP contribution in [0.5, 0.6) is 0 Å². The molecular formula is C11H11Cl2FN2O. The molecule has 92 valence electrons. The van der Waals surface area contributed by atoms with E-state index in [-0.39, 0.29) is 29.0 Å². The van der Waals surface area contributed by atoms with Gasteiger partial charge in [-0.1, -0.05) is 11.6 Å². The lowest BCUT2D eigenvalue weighted by Crippen LogP contribution is -2.19. The van der Waals surface area contributed by atoms with E-state index in [1.807, 2.05) is 0 Å². The highest BCUT2D eigenvalue weighted by molar-refractivity contribution is 6.31. The van der Waals surface area contributed by atoms with Crippen LogP contribution in [0.3, 0.4) is 0 Å². The van der Waals surface area contributed by atoms with Gasteiger partial charge in [-0.15, -0.1) is 12.4 Å². The minimum Gasteiger partial charge on any atom is -0.324 e. The molecule has 6 heteroatoms. The highest BCUT2D eigenvalue weighted by Crippen LogP contribution is 2.22. The molecule has 0 aliphatic heterocycles. The van der Waals surface area contributed by atoms with Crippen LogP contribution >= 0.6 is 24.0 Å². The van der Waals surface area contributed by atoms with Gasteiger partial charge in [-0.05, 0) is 25.1 Å². The topological polar surface area (TPSA) is 58.9 Å². The van der Waals surface area contributed by atoms with E-state index in [0.29, 0.717) is 16.5 Å². The summed E-state index contributed by atoms with van der Waals surface area (Å²) in [5, 5.41) is 0.688. The lowest BCUT2D eigenvalue weighted by molar-refractivity contribution is 0.629. The number of benzene rings is 1. The van der Waals surface area contributed by atoms with E-state index in [4.69, 9.17) is 17.3 Å². The molecule has 0 radical (unpaired) electrons. The molecule has 1 heterocycles. The van der Waals surface area contributed by atoms with Gasteiger partial charge in [-0.3, -0.25) is 4.79 Å². The monoisotopic (exact) mass is 276 g/mol. The van der Waals surface area contributed by atoms with Crippen LogP contribution in [0.1, 0.15) is 18.5 Å². The summed E-state index contributed by atoms with van der Waals surface area (Å²) < 4.78 is 13.2. The van der Waals surface area contributed by atoms with Crippen molar-refractivity contribution in [1.82, 2.24) is 4.98 Å². The Morgan fingerprint density at radius 3 is 2.65 bits per heavy atom. The molecule has 3 N–H and O–H groups in total. The van der Waals surface area contributed by atoms with Crippen LogP contribution in [0.15, 0.2) is 23.0 Å². The van der Waals surface area contributed by atoms with E-state index in [1.165, 1.54) is 12.1 Å². The van der Waals surface area contributed by atoms with Gasteiger partial charge in [0.15, 0.2) is 0 Å². The number of hydrogen-bond acceptors (Lipinski definition) is 2. The Morgan fingerprint density at radius 2 is 2.06 bits per heavy atom. The molecule has 1 aromatic carbocycles. The minimum absolute atomic E-state index is 0. The van der Waals surface area contributed by atoms with Gasteiger partial charge in [0, 0.05) is 17.0 Å². The number of aromatic nitrogens is 1. The third-order valence-corrected chi connectivity index (χ3v) is 2.69. The molecule has 0 unspecified atom stereocenters. The van der Waals surface area contributed by atoms with Crippen molar-refractivity contribution >= 4 is 34.9 Å². The predicted octanol–water partition coefficient (Wildman–Crippen LogP) is 2.76. The Morgan fingerprint density at radius 1 is 1.41 bits per heavy atom. The average molecular weight is 277 g/mol. The van der Waals surface area contributed by atoms with Gasteiger partial charge in [-0.25, -0.2) is 4.39 Å². The zero-order valence-corrected chi connectivity index (χ0v) is 10.5. The molecule has 0 aliphatic carbocycles. The quantitative estimate of drug-likeness (QED) is 0.842. The van der Waals surface area contributed by atoms with Crippen molar-refractivity contribution in [3.05, 3.63) is 45.0 Å². The molecule has 0 aliphatic rings. The molecule has 17 heavy (non-hydrogen) atoms. The van der Waals surface area contributed by atoms with Crippen molar-refractivity contribution < 1.29 is 4.39 Å². The fourth-order valence-electron chi connectivity index (χ4n) is 1.56. The number of nitrogens with one attached hydrogen (secondary N) is 1. The number of hydrogen-bond donors (Lipinski definition) is 2. The molecule has 0 bridgehead atoms. The van der Waals surface area contributed by atoms with E-state index in [2.05, 4.69) is 4.98 Å². The number of nitrogens with two attached hydrogens (primary N) is 1. The molecule has 0 spiro atoms. The van der Waals surface area contributed by atoms with E-state index >= 15 is 0 Å². The normalized spacial score (nSPS) is 12.2. The Hall–Kier alpha value is -1.10. The van der Waals surface area contributed by atoms with Crippen molar-refractivity contribution in [1.29, 1.82) is 0 Å². The number of fused-ring (bicyclic) bond motifs is 1. The van der Waals surface area contributed by atoms with Crippen LogP contribution in [0.4, 0.5) is 4.39 Å². The molecule has 1 aromatic heterocycles. The number of aromatic amines is 1. The number of H-pyrrole nitrogens is 1. The van der Waals surface area contributed by atoms with Crippen molar-refractivity contribution in [2.45, 2.75) is 13.0 Å². The van der Waals surface area contributed by atoms with E-state index < -0.39 is 5.82 Å².